The van der Waals surface area contributed by atoms with E-state index in [0.29, 0.717) is 39.6 Å². The van der Waals surface area contributed by atoms with E-state index in [9.17, 15) is 4.79 Å². The van der Waals surface area contributed by atoms with Crippen molar-refractivity contribution in [2.45, 2.75) is 26.7 Å². The first kappa shape index (κ1) is 17.5. The van der Waals surface area contributed by atoms with E-state index in [1.165, 1.54) is 0 Å². The third-order valence-electron chi connectivity index (χ3n) is 3.02. The summed E-state index contributed by atoms with van der Waals surface area (Å²) in [5, 5.41) is 6.96. The van der Waals surface area contributed by atoms with Crippen LogP contribution in [0.4, 0.5) is 11.5 Å². The monoisotopic (exact) mass is 352 g/mol. The first-order valence-corrected chi connectivity index (χ1v) is 8.10. The van der Waals surface area contributed by atoms with E-state index in [-0.39, 0.29) is 5.91 Å². The van der Waals surface area contributed by atoms with Crippen LogP contribution in [0.5, 0.6) is 0 Å². The number of carbonyl (C=O) groups excluding carboxylic acids is 1. The van der Waals surface area contributed by atoms with Crippen molar-refractivity contribution in [2.75, 3.05) is 11.9 Å². The molecule has 5 nitrogen and oxygen atoms in total. The van der Waals surface area contributed by atoms with Gasteiger partial charge in [0.25, 0.3) is 5.91 Å². The normalized spacial score (nSPS) is 10.4. The molecule has 1 aromatic carbocycles. The van der Waals surface area contributed by atoms with E-state index in [4.69, 9.17) is 23.2 Å². The average molecular weight is 353 g/mol. The summed E-state index contributed by atoms with van der Waals surface area (Å²) in [7, 11) is 0. The molecule has 1 heterocycles. The fourth-order valence-electron chi connectivity index (χ4n) is 1.99. The van der Waals surface area contributed by atoms with E-state index in [1.54, 1.807) is 31.2 Å². The number of carbonyl (C=O) groups is 1. The predicted octanol–water partition coefficient (Wildman–Crippen LogP) is 4.37. The number of hydrogen-bond acceptors (Lipinski definition) is 4. The highest BCUT2D eigenvalue weighted by Crippen LogP contribution is 2.24. The van der Waals surface area contributed by atoms with Gasteiger partial charge in [-0.2, -0.15) is 0 Å². The summed E-state index contributed by atoms with van der Waals surface area (Å²) in [5.41, 5.74) is 1.02. The summed E-state index contributed by atoms with van der Waals surface area (Å²) >= 11 is 12.0. The molecule has 0 spiro atoms. The summed E-state index contributed by atoms with van der Waals surface area (Å²) in [6, 6.07) is 6.70. The topological polar surface area (TPSA) is 66.9 Å². The number of unbranched alkanes of at least 4 members (excludes halogenated alkanes) is 1. The molecule has 0 saturated heterocycles. The van der Waals surface area contributed by atoms with Gasteiger partial charge in [-0.3, -0.25) is 4.79 Å². The maximum atomic E-state index is 12.1. The fourth-order valence-corrected chi connectivity index (χ4v) is 2.52. The first-order chi connectivity index (χ1) is 11.0. The van der Waals surface area contributed by atoms with Gasteiger partial charge in [-0.1, -0.05) is 36.5 Å². The minimum absolute atomic E-state index is 0.212. The predicted molar refractivity (Wildman–Crippen MR) is 93.8 cm³/mol. The number of hydrogen-bond donors (Lipinski definition) is 2. The average Bonchev–Trinajstić information content (AvgIpc) is 2.45. The molecule has 0 aliphatic rings. The lowest BCUT2D eigenvalue weighted by Gasteiger charge is -2.10. The van der Waals surface area contributed by atoms with Gasteiger partial charge >= 0.3 is 0 Å². The van der Waals surface area contributed by atoms with Gasteiger partial charge in [-0.05, 0) is 31.5 Å². The molecule has 122 valence electrons. The molecule has 1 amide bonds. The van der Waals surface area contributed by atoms with E-state index in [0.717, 1.165) is 12.8 Å². The summed E-state index contributed by atoms with van der Waals surface area (Å²) < 4.78 is 0. The van der Waals surface area contributed by atoms with Crippen molar-refractivity contribution in [3.63, 3.8) is 0 Å². The molecule has 0 radical (unpaired) electrons. The van der Waals surface area contributed by atoms with Gasteiger partial charge in [-0.25, -0.2) is 9.97 Å². The molecule has 23 heavy (non-hydrogen) atoms. The minimum Gasteiger partial charge on any atom is -0.351 e. The quantitative estimate of drug-likeness (QED) is 0.757. The van der Waals surface area contributed by atoms with Crippen LogP contribution in [0, 0.1) is 6.92 Å². The standard InChI is InChI=1S/C16H18Cl2N4O/c1-3-4-5-19-16(23)14-9-15(21-10(2)20-14)22-13-7-11(17)6-12(18)8-13/h6-9H,3-5H2,1-2H3,(H,19,23)(H,20,21,22). The van der Waals surface area contributed by atoms with Gasteiger partial charge in [0.05, 0.1) is 0 Å². The Labute approximate surface area is 145 Å². The van der Waals surface area contributed by atoms with Crippen LogP contribution in [0.2, 0.25) is 10.0 Å². The number of benzene rings is 1. The Morgan fingerprint density at radius 3 is 2.48 bits per heavy atom. The van der Waals surface area contributed by atoms with Crippen molar-refractivity contribution in [3.8, 4) is 0 Å². The van der Waals surface area contributed by atoms with Crippen LogP contribution in [-0.2, 0) is 0 Å². The number of anilines is 2. The smallest absolute Gasteiger partial charge is 0.270 e. The molecule has 1 aromatic heterocycles. The summed E-state index contributed by atoms with van der Waals surface area (Å²) in [5.74, 6) is 0.802. The fraction of sp³-hybridized carbons (Fsp3) is 0.312. The highest BCUT2D eigenvalue weighted by Gasteiger charge is 2.10. The van der Waals surface area contributed by atoms with Crippen molar-refractivity contribution in [1.29, 1.82) is 0 Å². The molecule has 0 bridgehead atoms. The largest absolute Gasteiger partial charge is 0.351 e. The molecular weight excluding hydrogens is 335 g/mol. The molecule has 0 saturated carbocycles. The molecule has 2 N–H and O–H groups in total. The van der Waals surface area contributed by atoms with E-state index in [1.807, 2.05) is 0 Å². The Bertz CT molecular complexity index is 686. The zero-order chi connectivity index (χ0) is 16.8. The molecule has 2 aromatic rings. The van der Waals surface area contributed by atoms with Crippen LogP contribution in [0.3, 0.4) is 0 Å². The number of nitrogens with one attached hydrogen (secondary N) is 2. The highest BCUT2D eigenvalue weighted by atomic mass is 35.5. The molecule has 0 unspecified atom stereocenters. The number of halogens is 2. The zero-order valence-electron chi connectivity index (χ0n) is 13.0. The Kier molecular flexibility index (Phi) is 6.19. The van der Waals surface area contributed by atoms with Gasteiger partial charge in [0.1, 0.15) is 17.3 Å². The lowest BCUT2D eigenvalue weighted by Crippen LogP contribution is -2.25. The van der Waals surface area contributed by atoms with Crippen molar-refractivity contribution in [1.82, 2.24) is 15.3 Å². The lowest BCUT2D eigenvalue weighted by molar-refractivity contribution is 0.0948. The van der Waals surface area contributed by atoms with E-state index >= 15 is 0 Å². The third-order valence-corrected chi connectivity index (χ3v) is 3.46. The molecule has 0 atom stereocenters. The first-order valence-electron chi connectivity index (χ1n) is 7.35. The second kappa shape index (κ2) is 8.13. The van der Waals surface area contributed by atoms with Gasteiger partial charge in [-0.15, -0.1) is 0 Å². The van der Waals surface area contributed by atoms with Crippen LogP contribution in [0.25, 0.3) is 0 Å². The minimum atomic E-state index is -0.212. The number of nitrogens with zero attached hydrogens (tertiary/aromatic N) is 2. The summed E-state index contributed by atoms with van der Waals surface area (Å²) in [6.07, 6.45) is 1.95. The van der Waals surface area contributed by atoms with Crippen LogP contribution < -0.4 is 10.6 Å². The second-order valence-corrected chi connectivity index (χ2v) is 5.95. The van der Waals surface area contributed by atoms with Crippen LogP contribution in [0.15, 0.2) is 24.3 Å². The van der Waals surface area contributed by atoms with Crippen molar-refractivity contribution >= 4 is 40.6 Å². The Hall–Kier alpha value is -1.85. The van der Waals surface area contributed by atoms with Crippen molar-refractivity contribution in [3.05, 3.63) is 45.8 Å². The highest BCUT2D eigenvalue weighted by molar-refractivity contribution is 6.35. The zero-order valence-corrected chi connectivity index (χ0v) is 14.5. The number of aryl methyl sites for hydroxylation is 1. The van der Waals surface area contributed by atoms with Gasteiger partial charge < -0.3 is 10.6 Å². The molecule has 0 aliphatic heterocycles. The molecule has 0 aliphatic carbocycles. The van der Waals surface area contributed by atoms with E-state index in [2.05, 4.69) is 27.5 Å². The Morgan fingerprint density at radius 2 is 1.83 bits per heavy atom. The van der Waals surface area contributed by atoms with Gasteiger partial charge in [0.15, 0.2) is 0 Å². The third kappa shape index (κ3) is 5.37. The Balaban J connectivity index is 2.18. The maximum Gasteiger partial charge on any atom is 0.270 e. The van der Waals surface area contributed by atoms with Crippen LogP contribution in [0.1, 0.15) is 36.1 Å². The summed E-state index contributed by atoms with van der Waals surface area (Å²) in [6.45, 7) is 4.43. The molecule has 2 rings (SSSR count). The molecule has 0 fully saturated rings. The lowest BCUT2D eigenvalue weighted by atomic mass is 10.3. The SMILES string of the molecule is CCCCNC(=O)c1cc(Nc2cc(Cl)cc(Cl)c2)nc(C)n1. The summed E-state index contributed by atoms with van der Waals surface area (Å²) in [4.78, 5) is 20.6. The molecular formula is C16H18Cl2N4O. The van der Waals surface area contributed by atoms with Gasteiger partial charge in [0.2, 0.25) is 0 Å². The van der Waals surface area contributed by atoms with E-state index < -0.39 is 0 Å². The van der Waals surface area contributed by atoms with Gasteiger partial charge in [0, 0.05) is 28.3 Å². The number of amides is 1. The van der Waals surface area contributed by atoms with Crippen molar-refractivity contribution < 1.29 is 4.79 Å². The molecule has 7 heteroatoms. The Morgan fingerprint density at radius 1 is 1.13 bits per heavy atom. The number of aromatic nitrogens is 2. The van der Waals surface area contributed by atoms with Crippen LogP contribution >= 0.6 is 23.2 Å². The second-order valence-electron chi connectivity index (χ2n) is 5.08. The van der Waals surface area contributed by atoms with Crippen LogP contribution in [-0.4, -0.2) is 22.4 Å². The number of rotatable bonds is 6. The van der Waals surface area contributed by atoms with Crippen molar-refractivity contribution in [2.24, 2.45) is 0 Å². The maximum absolute atomic E-state index is 12.1.